The number of amides is 2. The summed E-state index contributed by atoms with van der Waals surface area (Å²) in [6.45, 7) is 3.45. The zero-order valence-corrected chi connectivity index (χ0v) is 15.1. The fraction of sp³-hybridized carbons (Fsp3) is 0.364. The molecule has 4 heteroatoms. The second kappa shape index (κ2) is 6.94. The number of carbonyl (C=O) groups is 2. The van der Waals surface area contributed by atoms with Crippen molar-refractivity contribution in [2.75, 3.05) is 11.4 Å². The summed E-state index contributed by atoms with van der Waals surface area (Å²) in [5, 5.41) is 0. The molecule has 0 atom stereocenters. The molecule has 2 amide bonds. The van der Waals surface area contributed by atoms with Crippen molar-refractivity contribution >= 4 is 17.5 Å². The molecule has 2 fully saturated rings. The maximum absolute atomic E-state index is 13.2. The summed E-state index contributed by atoms with van der Waals surface area (Å²) in [6.07, 6.45) is 3.63. The van der Waals surface area contributed by atoms with Gasteiger partial charge in [-0.05, 0) is 49.9 Å². The van der Waals surface area contributed by atoms with Crippen molar-refractivity contribution in [2.45, 2.75) is 45.2 Å². The Morgan fingerprint density at radius 1 is 1.15 bits per heavy atom. The van der Waals surface area contributed by atoms with E-state index >= 15 is 0 Å². The molecule has 1 aliphatic carbocycles. The average Bonchev–Trinajstić information content (AvgIpc) is 3.40. The third kappa shape index (κ3) is 3.50. The lowest BCUT2D eigenvalue weighted by Crippen LogP contribution is -2.33. The summed E-state index contributed by atoms with van der Waals surface area (Å²) in [5.41, 5.74) is 3.88. The summed E-state index contributed by atoms with van der Waals surface area (Å²) >= 11 is 0. The van der Waals surface area contributed by atoms with Crippen LogP contribution in [0.2, 0.25) is 0 Å². The summed E-state index contributed by atoms with van der Waals surface area (Å²) < 4.78 is 0. The topological polar surface area (TPSA) is 40.6 Å². The van der Waals surface area contributed by atoms with Crippen molar-refractivity contribution in [3.05, 3.63) is 65.2 Å². The van der Waals surface area contributed by atoms with Gasteiger partial charge in [0.2, 0.25) is 5.91 Å². The molecule has 2 aromatic carbocycles. The molecule has 1 heterocycles. The Hall–Kier alpha value is -2.62. The van der Waals surface area contributed by atoms with Gasteiger partial charge in [-0.1, -0.05) is 35.9 Å². The molecule has 0 unspecified atom stereocenters. The zero-order chi connectivity index (χ0) is 18.1. The van der Waals surface area contributed by atoms with E-state index in [0.29, 0.717) is 24.6 Å². The molecule has 134 valence electrons. The van der Waals surface area contributed by atoms with Crippen LogP contribution < -0.4 is 4.90 Å². The Kier molecular flexibility index (Phi) is 4.49. The van der Waals surface area contributed by atoms with Crippen LogP contribution in [-0.4, -0.2) is 29.3 Å². The van der Waals surface area contributed by atoms with Crippen LogP contribution in [0, 0.1) is 6.92 Å². The first-order valence-electron chi connectivity index (χ1n) is 9.39. The third-order valence-electron chi connectivity index (χ3n) is 5.16. The summed E-state index contributed by atoms with van der Waals surface area (Å²) in [6, 6.07) is 16.2. The third-order valence-corrected chi connectivity index (χ3v) is 5.16. The van der Waals surface area contributed by atoms with Gasteiger partial charge >= 0.3 is 0 Å². The largest absolute Gasteiger partial charge is 0.331 e. The lowest BCUT2D eigenvalue weighted by Gasteiger charge is -2.24. The number of hydrogen-bond donors (Lipinski definition) is 0. The first kappa shape index (κ1) is 16.8. The first-order valence-corrected chi connectivity index (χ1v) is 9.39. The van der Waals surface area contributed by atoms with Crippen molar-refractivity contribution in [3.8, 4) is 0 Å². The van der Waals surface area contributed by atoms with Gasteiger partial charge in [0, 0.05) is 36.8 Å². The van der Waals surface area contributed by atoms with Gasteiger partial charge in [0.05, 0.1) is 0 Å². The van der Waals surface area contributed by atoms with E-state index in [9.17, 15) is 9.59 Å². The molecule has 0 N–H and O–H groups in total. The van der Waals surface area contributed by atoms with Crippen LogP contribution in [0.25, 0.3) is 0 Å². The first-order chi connectivity index (χ1) is 12.6. The molecular formula is C22H24N2O2. The van der Waals surface area contributed by atoms with Crippen LogP contribution >= 0.6 is 0 Å². The van der Waals surface area contributed by atoms with Gasteiger partial charge in [0.15, 0.2) is 0 Å². The van der Waals surface area contributed by atoms with Crippen LogP contribution in [0.1, 0.15) is 47.2 Å². The zero-order valence-electron chi connectivity index (χ0n) is 15.1. The van der Waals surface area contributed by atoms with Gasteiger partial charge in [0.25, 0.3) is 5.91 Å². The van der Waals surface area contributed by atoms with Crippen LogP contribution in [0.5, 0.6) is 0 Å². The van der Waals surface area contributed by atoms with Crippen LogP contribution in [-0.2, 0) is 11.3 Å². The van der Waals surface area contributed by atoms with Crippen LogP contribution in [0.4, 0.5) is 5.69 Å². The quantitative estimate of drug-likeness (QED) is 0.821. The van der Waals surface area contributed by atoms with E-state index in [1.165, 1.54) is 5.56 Å². The van der Waals surface area contributed by atoms with Gasteiger partial charge in [0.1, 0.15) is 0 Å². The molecule has 26 heavy (non-hydrogen) atoms. The molecule has 0 bridgehead atoms. The number of benzene rings is 2. The average molecular weight is 348 g/mol. The van der Waals surface area contributed by atoms with E-state index in [1.807, 2.05) is 35.2 Å². The van der Waals surface area contributed by atoms with E-state index < -0.39 is 0 Å². The molecule has 0 aromatic heterocycles. The minimum Gasteiger partial charge on any atom is -0.331 e. The molecule has 2 aromatic rings. The van der Waals surface area contributed by atoms with Crippen molar-refractivity contribution in [3.63, 3.8) is 0 Å². The minimum absolute atomic E-state index is 0.0579. The standard InChI is InChI=1S/C22H24N2O2/c1-16-5-2-6-17(13-16)15-24(19-10-11-19)22(26)18-7-3-8-20(14-18)23-12-4-9-21(23)25/h2-3,5-8,13-14,19H,4,9-12,15H2,1H3. The van der Waals surface area contributed by atoms with Crippen molar-refractivity contribution in [1.29, 1.82) is 0 Å². The van der Waals surface area contributed by atoms with Crippen molar-refractivity contribution < 1.29 is 9.59 Å². The maximum Gasteiger partial charge on any atom is 0.254 e. The van der Waals surface area contributed by atoms with E-state index in [-0.39, 0.29) is 11.8 Å². The van der Waals surface area contributed by atoms with Gasteiger partial charge in [-0.2, -0.15) is 0 Å². The van der Waals surface area contributed by atoms with Gasteiger partial charge in [-0.3, -0.25) is 9.59 Å². The van der Waals surface area contributed by atoms with E-state index in [4.69, 9.17) is 0 Å². The fourth-order valence-corrected chi connectivity index (χ4v) is 3.65. The Bertz CT molecular complexity index is 842. The summed E-state index contributed by atoms with van der Waals surface area (Å²) in [7, 11) is 0. The van der Waals surface area contributed by atoms with E-state index in [1.54, 1.807) is 4.90 Å². The minimum atomic E-state index is 0.0579. The number of anilines is 1. The number of rotatable bonds is 5. The van der Waals surface area contributed by atoms with Crippen molar-refractivity contribution in [2.24, 2.45) is 0 Å². The van der Waals surface area contributed by atoms with E-state index in [2.05, 4.69) is 25.1 Å². The highest BCUT2D eigenvalue weighted by Crippen LogP contribution is 2.31. The number of hydrogen-bond acceptors (Lipinski definition) is 2. The molecule has 4 nitrogen and oxygen atoms in total. The van der Waals surface area contributed by atoms with Crippen LogP contribution in [0.15, 0.2) is 48.5 Å². The van der Waals surface area contributed by atoms with Gasteiger partial charge < -0.3 is 9.80 Å². The highest BCUT2D eigenvalue weighted by molar-refractivity contribution is 5.99. The predicted molar refractivity (Wildman–Crippen MR) is 102 cm³/mol. The van der Waals surface area contributed by atoms with Crippen molar-refractivity contribution in [1.82, 2.24) is 4.90 Å². The number of aryl methyl sites for hydroxylation is 1. The highest BCUT2D eigenvalue weighted by Gasteiger charge is 2.33. The predicted octanol–water partition coefficient (Wildman–Crippen LogP) is 3.93. The fourth-order valence-electron chi connectivity index (χ4n) is 3.65. The molecule has 1 saturated heterocycles. The second-order valence-electron chi connectivity index (χ2n) is 7.35. The molecular weight excluding hydrogens is 324 g/mol. The molecule has 1 saturated carbocycles. The van der Waals surface area contributed by atoms with Gasteiger partial charge in [-0.15, -0.1) is 0 Å². The van der Waals surface area contributed by atoms with Crippen LogP contribution in [0.3, 0.4) is 0 Å². The normalized spacial score (nSPS) is 16.8. The van der Waals surface area contributed by atoms with E-state index in [0.717, 1.165) is 37.1 Å². The molecule has 1 aliphatic heterocycles. The lowest BCUT2D eigenvalue weighted by molar-refractivity contribution is -0.117. The molecule has 4 rings (SSSR count). The maximum atomic E-state index is 13.2. The number of carbonyl (C=O) groups excluding carboxylic acids is 2. The molecule has 2 aliphatic rings. The SMILES string of the molecule is Cc1cccc(CN(C(=O)c2cccc(N3CCCC3=O)c2)C2CC2)c1. The summed E-state index contributed by atoms with van der Waals surface area (Å²) in [4.78, 5) is 29.0. The summed E-state index contributed by atoms with van der Waals surface area (Å²) in [5.74, 6) is 0.205. The monoisotopic (exact) mass is 348 g/mol. The molecule has 0 spiro atoms. The second-order valence-corrected chi connectivity index (χ2v) is 7.35. The Labute approximate surface area is 154 Å². The Balaban J connectivity index is 1.57. The smallest absolute Gasteiger partial charge is 0.254 e. The Morgan fingerprint density at radius 3 is 2.65 bits per heavy atom. The van der Waals surface area contributed by atoms with Gasteiger partial charge in [-0.25, -0.2) is 0 Å². The molecule has 0 radical (unpaired) electrons. The number of nitrogens with zero attached hydrogens (tertiary/aromatic N) is 2. The Morgan fingerprint density at radius 2 is 1.96 bits per heavy atom. The lowest BCUT2D eigenvalue weighted by atomic mass is 10.1. The highest BCUT2D eigenvalue weighted by atomic mass is 16.2.